The first-order valence-corrected chi connectivity index (χ1v) is 8.83. The molecular formula is C21H19ClFN3O. The molecule has 0 saturated heterocycles. The van der Waals surface area contributed by atoms with Gasteiger partial charge in [0.15, 0.2) is 0 Å². The summed E-state index contributed by atoms with van der Waals surface area (Å²) in [5, 5.41) is 0.312. The summed E-state index contributed by atoms with van der Waals surface area (Å²) in [6.07, 6.45) is 7.21. The van der Waals surface area contributed by atoms with Gasteiger partial charge in [0.2, 0.25) is 5.56 Å². The summed E-state index contributed by atoms with van der Waals surface area (Å²) < 4.78 is 16.5. The van der Waals surface area contributed by atoms with Crippen molar-refractivity contribution in [2.24, 2.45) is 0 Å². The number of imidazole rings is 1. The lowest BCUT2D eigenvalue weighted by Crippen LogP contribution is -2.06. The lowest BCUT2D eigenvalue weighted by molar-refractivity contribution is 0.618. The zero-order valence-electron chi connectivity index (χ0n) is 15.3. The van der Waals surface area contributed by atoms with Crippen molar-refractivity contribution in [3.8, 4) is 17.1 Å². The molecule has 0 aliphatic carbocycles. The summed E-state index contributed by atoms with van der Waals surface area (Å²) in [6, 6.07) is 7.68. The van der Waals surface area contributed by atoms with Crippen molar-refractivity contribution in [3.63, 3.8) is 0 Å². The zero-order valence-corrected chi connectivity index (χ0v) is 16.0. The Balaban J connectivity index is 2.43. The van der Waals surface area contributed by atoms with Crippen LogP contribution in [0.15, 0.2) is 53.0 Å². The minimum Gasteiger partial charge on any atom is -0.329 e. The number of nitrogens with one attached hydrogen (secondary N) is 1. The largest absolute Gasteiger partial charge is 0.329 e. The summed E-state index contributed by atoms with van der Waals surface area (Å²) >= 11 is 5.93. The van der Waals surface area contributed by atoms with E-state index in [1.807, 2.05) is 39.0 Å². The van der Waals surface area contributed by atoms with E-state index >= 15 is 0 Å². The van der Waals surface area contributed by atoms with Crippen molar-refractivity contribution in [3.05, 3.63) is 80.8 Å². The van der Waals surface area contributed by atoms with Gasteiger partial charge in [0.05, 0.1) is 17.1 Å². The molecule has 3 aromatic rings. The number of benzene rings is 1. The molecule has 0 amide bonds. The van der Waals surface area contributed by atoms with Crippen molar-refractivity contribution in [2.75, 3.05) is 0 Å². The molecule has 3 rings (SSSR count). The van der Waals surface area contributed by atoms with Crippen LogP contribution in [0.1, 0.15) is 32.2 Å². The second-order valence-electron chi connectivity index (χ2n) is 6.30. The van der Waals surface area contributed by atoms with E-state index in [1.165, 1.54) is 12.1 Å². The second kappa shape index (κ2) is 7.76. The summed E-state index contributed by atoms with van der Waals surface area (Å²) in [5.74, 6) is 0.00403. The van der Waals surface area contributed by atoms with Gasteiger partial charge >= 0.3 is 0 Å². The molecule has 0 atom stereocenters. The van der Waals surface area contributed by atoms with Crippen LogP contribution in [0.4, 0.5) is 4.39 Å². The highest BCUT2D eigenvalue weighted by atomic mass is 35.5. The third kappa shape index (κ3) is 3.93. The number of pyridine rings is 1. The molecule has 6 heteroatoms. The number of allylic oxidation sites excluding steroid dienone is 2. The van der Waals surface area contributed by atoms with E-state index in [2.05, 4.69) is 9.97 Å². The van der Waals surface area contributed by atoms with Crippen molar-refractivity contribution in [1.29, 1.82) is 0 Å². The molecule has 0 aliphatic rings. The molecular weight excluding hydrogens is 365 g/mol. The maximum atomic E-state index is 14.8. The molecule has 0 spiro atoms. The van der Waals surface area contributed by atoms with Crippen LogP contribution in [-0.2, 0) is 0 Å². The van der Waals surface area contributed by atoms with Crippen LogP contribution in [0.5, 0.6) is 0 Å². The number of aromatic nitrogens is 3. The van der Waals surface area contributed by atoms with Crippen molar-refractivity contribution in [2.45, 2.75) is 20.8 Å². The van der Waals surface area contributed by atoms with Gasteiger partial charge in [-0.1, -0.05) is 23.3 Å². The molecule has 1 aromatic carbocycles. The fourth-order valence-corrected chi connectivity index (χ4v) is 2.99. The van der Waals surface area contributed by atoms with Gasteiger partial charge in [-0.25, -0.2) is 9.37 Å². The standard InChI is InChI=1S/C21H19ClFN3O/c1-4-5-17-19(10-13(2)3)26(18-7-6-15(22)12-16(18)23)21(25-17)14-8-9-24-20(27)11-14/h4-12H,1-3H3,(H,24,27)/b5-4-. The van der Waals surface area contributed by atoms with Crippen molar-refractivity contribution in [1.82, 2.24) is 14.5 Å². The van der Waals surface area contributed by atoms with E-state index in [1.54, 1.807) is 29.0 Å². The maximum Gasteiger partial charge on any atom is 0.248 e. The lowest BCUT2D eigenvalue weighted by Gasteiger charge is -2.12. The number of hydrogen-bond acceptors (Lipinski definition) is 2. The Labute approximate surface area is 161 Å². The van der Waals surface area contributed by atoms with Crippen LogP contribution >= 0.6 is 11.6 Å². The first-order valence-electron chi connectivity index (χ1n) is 8.45. The fraction of sp³-hybridized carbons (Fsp3) is 0.143. The summed E-state index contributed by atoms with van der Waals surface area (Å²) in [6.45, 7) is 5.81. The Bertz CT molecular complexity index is 1100. The third-order valence-electron chi connectivity index (χ3n) is 3.88. The molecule has 0 unspecified atom stereocenters. The highest BCUT2D eigenvalue weighted by Crippen LogP contribution is 2.30. The van der Waals surface area contributed by atoms with Crippen LogP contribution in [0, 0.1) is 5.82 Å². The van der Waals surface area contributed by atoms with Crippen LogP contribution in [0.25, 0.3) is 29.2 Å². The Hall–Kier alpha value is -2.92. The Morgan fingerprint density at radius 3 is 2.67 bits per heavy atom. The molecule has 138 valence electrons. The molecule has 0 radical (unpaired) electrons. The molecule has 1 N–H and O–H groups in total. The van der Waals surface area contributed by atoms with Gasteiger partial charge in [0, 0.05) is 22.8 Å². The normalized spacial score (nSPS) is 11.1. The Morgan fingerprint density at radius 2 is 2.04 bits per heavy atom. The van der Waals surface area contributed by atoms with Gasteiger partial charge in [-0.2, -0.15) is 0 Å². The van der Waals surface area contributed by atoms with E-state index < -0.39 is 5.82 Å². The van der Waals surface area contributed by atoms with E-state index in [4.69, 9.17) is 11.6 Å². The van der Waals surface area contributed by atoms with Gasteiger partial charge < -0.3 is 4.98 Å². The predicted molar refractivity (Wildman–Crippen MR) is 109 cm³/mol. The number of hydrogen-bond donors (Lipinski definition) is 1. The highest BCUT2D eigenvalue weighted by Gasteiger charge is 2.20. The summed E-state index contributed by atoms with van der Waals surface area (Å²) in [4.78, 5) is 19.1. The Kier molecular flexibility index (Phi) is 5.42. The highest BCUT2D eigenvalue weighted by molar-refractivity contribution is 6.30. The van der Waals surface area contributed by atoms with Gasteiger partial charge in [0.1, 0.15) is 11.6 Å². The van der Waals surface area contributed by atoms with Crippen LogP contribution in [-0.4, -0.2) is 14.5 Å². The molecule has 0 bridgehead atoms. The molecule has 27 heavy (non-hydrogen) atoms. The van der Waals surface area contributed by atoms with Gasteiger partial charge in [-0.15, -0.1) is 0 Å². The van der Waals surface area contributed by atoms with Crippen LogP contribution in [0.3, 0.4) is 0 Å². The second-order valence-corrected chi connectivity index (χ2v) is 6.74. The maximum absolute atomic E-state index is 14.8. The average Bonchev–Trinajstić information content (AvgIpc) is 2.93. The average molecular weight is 384 g/mol. The van der Waals surface area contributed by atoms with E-state index in [9.17, 15) is 9.18 Å². The lowest BCUT2D eigenvalue weighted by atomic mass is 10.2. The predicted octanol–water partition coefficient (Wildman–Crippen LogP) is 5.48. The summed E-state index contributed by atoms with van der Waals surface area (Å²) in [7, 11) is 0. The molecule has 4 nitrogen and oxygen atoms in total. The number of nitrogens with zero attached hydrogens (tertiary/aromatic N) is 2. The Morgan fingerprint density at radius 1 is 1.26 bits per heavy atom. The monoisotopic (exact) mass is 383 g/mol. The summed E-state index contributed by atoms with van der Waals surface area (Å²) in [5.41, 5.74) is 3.09. The SMILES string of the molecule is C/C=C\c1nc(-c2cc[nH]c(=O)c2)n(-c2ccc(Cl)cc2F)c1C=C(C)C. The first kappa shape index (κ1) is 18.9. The van der Waals surface area contributed by atoms with E-state index in [0.29, 0.717) is 27.8 Å². The van der Waals surface area contributed by atoms with E-state index in [-0.39, 0.29) is 5.56 Å². The molecule has 0 aliphatic heterocycles. The molecule has 0 fully saturated rings. The van der Waals surface area contributed by atoms with Gasteiger partial charge in [0.25, 0.3) is 0 Å². The van der Waals surface area contributed by atoms with Gasteiger partial charge in [-0.05, 0) is 57.2 Å². The van der Waals surface area contributed by atoms with E-state index in [0.717, 1.165) is 11.3 Å². The van der Waals surface area contributed by atoms with Crippen LogP contribution < -0.4 is 5.56 Å². The number of rotatable bonds is 4. The van der Waals surface area contributed by atoms with Crippen molar-refractivity contribution >= 4 is 23.8 Å². The third-order valence-corrected chi connectivity index (χ3v) is 4.11. The molecule has 2 aromatic heterocycles. The van der Waals surface area contributed by atoms with Crippen LogP contribution in [0.2, 0.25) is 5.02 Å². The fourth-order valence-electron chi connectivity index (χ4n) is 2.83. The smallest absolute Gasteiger partial charge is 0.248 e. The van der Waals surface area contributed by atoms with Gasteiger partial charge in [-0.3, -0.25) is 9.36 Å². The number of H-pyrrole nitrogens is 1. The van der Waals surface area contributed by atoms with Crippen molar-refractivity contribution < 1.29 is 4.39 Å². The molecule has 0 saturated carbocycles. The topological polar surface area (TPSA) is 50.7 Å². The zero-order chi connectivity index (χ0) is 19.6. The quantitative estimate of drug-likeness (QED) is 0.648. The molecule has 2 heterocycles. The minimum atomic E-state index is -0.471. The number of halogens is 2. The number of aromatic amines is 1. The minimum absolute atomic E-state index is 0.255. The first-order chi connectivity index (χ1) is 12.9.